The Morgan fingerprint density at radius 2 is 2.00 bits per heavy atom. The van der Waals surface area contributed by atoms with Crippen molar-refractivity contribution in [2.75, 3.05) is 7.11 Å². The molecule has 0 spiro atoms. The lowest BCUT2D eigenvalue weighted by Gasteiger charge is -2.46. The molecule has 1 aliphatic carbocycles. The van der Waals surface area contributed by atoms with Crippen LogP contribution in [0, 0.1) is 5.92 Å². The number of hydrogen-bond donors (Lipinski definition) is 2. The molecule has 1 aliphatic rings. The first-order valence-electron chi connectivity index (χ1n) is 6.69. The van der Waals surface area contributed by atoms with Crippen LogP contribution in [0.1, 0.15) is 38.3 Å². The third-order valence-electron chi connectivity index (χ3n) is 4.45. The van der Waals surface area contributed by atoms with Crippen LogP contribution in [-0.2, 0) is 5.60 Å². The SMILES string of the molecule is CCC(C)C1(O)C=Cc2ccc(OC)cc2C1(C)O. The van der Waals surface area contributed by atoms with E-state index in [1.807, 2.05) is 32.1 Å². The molecule has 2 rings (SSSR count). The average molecular weight is 262 g/mol. The first-order valence-corrected chi connectivity index (χ1v) is 6.69. The Labute approximate surface area is 114 Å². The fourth-order valence-corrected chi connectivity index (χ4v) is 2.78. The molecule has 3 unspecified atom stereocenters. The maximum absolute atomic E-state index is 10.9. The van der Waals surface area contributed by atoms with Crippen molar-refractivity contribution in [1.29, 1.82) is 0 Å². The Morgan fingerprint density at radius 1 is 1.32 bits per heavy atom. The largest absolute Gasteiger partial charge is 0.497 e. The van der Waals surface area contributed by atoms with E-state index in [4.69, 9.17) is 4.74 Å². The Balaban J connectivity index is 2.58. The van der Waals surface area contributed by atoms with Crippen molar-refractivity contribution in [3.8, 4) is 5.75 Å². The van der Waals surface area contributed by atoms with Gasteiger partial charge in [0.05, 0.1) is 7.11 Å². The second-order valence-corrected chi connectivity index (χ2v) is 5.49. The molecule has 1 aromatic rings. The summed E-state index contributed by atoms with van der Waals surface area (Å²) in [5.74, 6) is 0.638. The molecule has 0 radical (unpaired) electrons. The predicted molar refractivity (Wildman–Crippen MR) is 76.0 cm³/mol. The van der Waals surface area contributed by atoms with Crippen LogP contribution in [0.2, 0.25) is 0 Å². The number of benzene rings is 1. The maximum Gasteiger partial charge on any atom is 0.120 e. The van der Waals surface area contributed by atoms with E-state index in [9.17, 15) is 10.2 Å². The monoisotopic (exact) mass is 262 g/mol. The summed E-state index contributed by atoms with van der Waals surface area (Å²) >= 11 is 0. The van der Waals surface area contributed by atoms with Gasteiger partial charge in [0.2, 0.25) is 0 Å². The normalized spacial score (nSPS) is 30.8. The second kappa shape index (κ2) is 4.66. The van der Waals surface area contributed by atoms with Gasteiger partial charge in [-0.05, 0) is 42.2 Å². The van der Waals surface area contributed by atoms with Crippen molar-refractivity contribution in [3.05, 3.63) is 35.4 Å². The van der Waals surface area contributed by atoms with E-state index in [-0.39, 0.29) is 5.92 Å². The number of methoxy groups -OCH3 is 1. The number of rotatable bonds is 3. The highest BCUT2D eigenvalue weighted by atomic mass is 16.5. The summed E-state index contributed by atoms with van der Waals surface area (Å²) < 4.78 is 5.21. The highest BCUT2D eigenvalue weighted by molar-refractivity contribution is 5.63. The molecule has 0 fully saturated rings. The van der Waals surface area contributed by atoms with Crippen LogP contribution in [0.15, 0.2) is 24.3 Å². The standard InChI is InChI=1S/C16H22O3/c1-5-11(2)16(18)9-8-12-6-7-13(19-4)10-14(12)15(16,3)17/h6-11,17-18H,5H2,1-4H3. The van der Waals surface area contributed by atoms with Crippen LogP contribution in [0.25, 0.3) is 6.08 Å². The minimum atomic E-state index is -1.33. The summed E-state index contributed by atoms with van der Waals surface area (Å²) in [4.78, 5) is 0. The van der Waals surface area contributed by atoms with Crippen molar-refractivity contribution >= 4 is 6.08 Å². The third kappa shape index (κ3) is 1.97. The van der Waals surface area contributed by atoms with Gasteiger partial charge in [0, 0.05) is 0 Å². The van der Waals surface area contributed by atoms with Crippen LogP contribution < -0.4 is 4.74 Å². The van der Waals surface area contributed by atoms with Gasteiger partial charge >= 0.3 is 0 Å². The molecule has 0 saturated carbocycles. The fraction of sp³-hybridized carbons (Fsp3) is 0.500. The van der Waals surface area contributed by atoms with Gasteiger partial charge in [0.1, 0.15) is 17.0 Å². The number of fused-ring (bicyclic) bond motifs is 1. The van der Waals surface area contributed by atoms with Gasteiger partial charge in [-0.1, -0.05) is 32.4 Å². The lowest BCUT2D eigenvalue weighted by atomic mass is 9.67. The average Bonchev–Trinajstić information content (AvgIpc) is 2.42. The molecule has 0 aromatic heterocycles. The van der Waals surface area contributed by atoms with Gasteiger partial charge in [0.25, 0.3) is 0 Å². The van der Waals surface area contributed by atoms with E-state index in [1.54, 1.807) is 26.2 Å². The number of ether oxygens (including phenoxy) is 1. The molecule has 3 atom stereocenters. The molecule has 0 amide bonds. The molecule has 1 aromatic carbocycles. The van der Waals surface area contributed by atoms with Crippen molar-refractivity contribution in [1.82, 2.24) is 0 Å². The first-order chi connectivity index (χ1) is 8.86. The van der Waals surface area contributed by atoms with Gasteiger partial charge in [-0.2, -0.15) is 0 Å². The lowest BCUT2D eigenvalue weighted by Crippen LogP contribution is -2.54. The molecule has 0 bridgehead atoms. The van der Waals surface area contributed by atoms with E-state index in [0.717, 1.165) is 12.0 Å². The summed E-state index contributed by atoms with van der Waals surface area (Å²) in [7, 11) is 1.59. The second-order valence-electron chi connectivity index (χ2n) is 5.49. The minimum Gasteiger partial charge on any atom is -0.497 e. The van der Waals surface area contributed by atoms with Crippen LogP contribution in [0.4, 0.5) is 0 Å². The zero-order valence-electron chi connectivity index (χ0n) is 12.0. The van der Waals surface area contributed by atoms with Crippen LogP contribution in [-0.4, -0.2) is 22.9 Å². The van der Waals surface area contributed by atoms with Gasteiger partial charge in [-0.3, -0.25) is 0 Å². The van der Waals surface area contributed by atoms with Crippen LogP contribution in [0.3, 0.4) is 0 Å². The molecular weight excluding hydrogens is 240 g/mol. The summed E-state index contributed by atoms with van der Waals surface area (Å²) in [6, 6.07) is 5.55. The third-order valence-corrected chi connectivity index (χ3v) is 4.45. The maximum atomic E-state index is 10.9. The van der Waals surface area contributed by atoms with E-state index in [1.165, 1.54) is 0 Å². The zero-order valence-corrected chi connectivity index (χ0v) is 12.0. The molecule has 0 heterocycles. The quantitative estimate of drug-likeness (QED) is 0.880. The topological polar surface area (TPSA) is 49.7 Å². The highest BCUT2D eigenvalue weighted by Crippen LogP contribution is 2.46. The Hall–Kier alpha value is -1.32. The molecule has 19 heavy (non-hydrogen) atoms. The highest BCUT2D eigenvalue weighted by Gasteiger charge is 2.50. The van der Waals surface area contributed by atoms with Crippen molar-refractivity contribution in [2.45, 2.75) is 38.4 Å². The summed E-state index contributed by atoms with van der Waals surface area (Å²) in [5, 5.41) is 21.8. The summed E-state index contributed by atoms with van der Waals surface area (Å²) in [6.45, 7) is 5.62. The molecular formula is C16H22O3. The van der Waals surface area contributed by atoms with Crippen molar-refractivity contribution < 1.29 is 14.9 Å². The van der Waals surface area contributed by atoms with Crippen molar-refractivity contribution in [2.24, 2.45) is 5.92 Å². The first kappa shape index (κ1) is 14.1. The lowest BCUT2D eigenvalue weighted by molar-refractivity contribution is -0.146. The zero-order chi connectivity index (χ0) is 14.3. The molecule has 0 saturated heterocycles. The van der Waals surface area contributed by atoms with Gasteiger partial charge in [0.15, 0.2) is 0 Å². The van der Waals surface area contributed by atoms with E-state index >= 15 is 0 Å². The minimum absolute atomic E-state index is 0.0434. The number of hydrogen-bond acceptors (Lipinski definition) is 3. The van der Waals surface area contributed by atoms with Crippen LogP contribution in [0.5, 0.6) is 5.75 Å². The van der Waals surface area contributed by atoms with Gasteiger partial charge < -0.3 is 14.9 Å². The summed E-state index contributed by atoms with van der Waals surface area (Å²) in [6.07, 6.45) is 4.38. The Bertz CT molecular complexity index is 505. The molecule has 104 valence electrons. The van der Waals surface area contributed by atoms with Crippen LogP contribution >= 0.6 is 0 Å². The molecule has 2 N–H and O–H groups in total. The van der Waals surface area contributed by atoms with E-state index < -0.39 is 11.2 Å². The van der Waals surface area contributed by atoms with Gasteiger partial charge in [-0.15, -0.1) is 0 Å². The Kier molecular flexibility index (Phi) is 3.45. The van der Waals surface area contributed by atoms with Crippen molar-refractivity contribution in [3.63, 3.8) is 0 Å². The molecule has 0 aliphatic heterocycles. The molecule has 3 nitrogen and oxygen atoms in total. The summed E-state index contributed by atoms with van der Waals surface area (Å²) in [5.41, 5.74) is -0.974. The van der Waals surface area contributed by atoms with Gasteiger partial charge in [-0.25, -0.2) is 0 Å². The predicted octanol–water partition coefficient (Wildman–Crippen LogP) is 2.71. The van der Waals surface area contributed by atoms with E-state index in [2.05, 4.69) is 0 Å². The Morgan fingerprint density at radius 3 is 2.58 bits per heavy atom. The number of aliphatic hydroxyl groups is 2. The fourth-order valence-electron chi connectivity index (χ4n) is 2.78. The van der Waals surface area contributed by atoms with E-state index in [0.29, 0.717) is 11.3 Å². The molecule has 3 heteroatoms. The smallest absolute Gasteiger partial charge is 0.120 e.